The first-order valence-electron chi connectivity index (χ1n) is 10.9. The van der Waals surface area contributed by atoms with Crippen LogP contribution in [-0.2, 0) is 0 Å². The van der Waals surface area contributed by atoms with Gasteiger partial charge in [-0.05, 0) is 42.3 Å². The molecule has 1 aliphatic rings. The number of rotatable bonds is 6. The Kier molecular flexibility index (Phi) is 6.05. The van der Waals surface area contributed by atoms with E-state index in [1.165, 1.54) is 0 Å². The standard InChI is InChI=1S/C26H23N5O2S/c1-17-8-12-20(13-9-17)28-29-25-24(27-26(32)34-25)31-23(19-10-14-21(33-2)15-11-19)16-22(30-31)18-6-4-3-5-7-18/h3-15,23H,16H2,1-2H3,(H,27,32)/t23-/m0/s1. The number of nitrogens with one attached hydrogen (secondary N) is 1. The summed E-state index contributed by atoms with van der Waals surface area (Å²) >= 11 is 1.02. The first-order chi connectivity index (χ1) is 16.6. The Bertz CT molecular complexity index is 1390. The third-order valence-corrected chi connectivity index (χ3v) is 6.41. The van der Waals surface area contributed by atoms with Crippen LogP contribution in [0.25, 0.3) is 0 Å². The van der Waals surface area contributed by atoms with Crippen LogP contribution >= 0.6 is 11.3 Å². The molecule has 2 heterocycles. The minimum Gasteiger partial charge on any atom is -0.497 e. The van der Waals surface area contributed by atoms with Gasteiger partial charge in [-0.25, -0.2) is 5.01 Å². The van der Waals surface area contributed by atoms with Gasteiger partial charge >= 0.3 is 4.87 Å². The Morgan fingerprint density at radius 2 is 1.74 bits per heavy atom. The van der Waals surface area contributed by atoms with Crippen molar-refractivity contribution >= 4 is 33.6 Å². The summed E-state index contributed by atoms with van der Waals surface area (Å²) in [5, 5.41) is 16.0. The third kappa shape index (κ3) is 4.53. The fourth-order valence-electron chi connectivity index (χ4n) is 3.86. The van der Waals surface area contributed by atoms with E-state index < -0.39 is 0 Å². The van der Waals surface area contributed by atoms with Crippen LogP contribution < -0.4 is 14.6 Å². The molecule has 0 bridgehead atoms. The average Bonchev–Trinajstić information content (AvgIpc) is 3.48. The van der Waals surface area contributed by atoms with Gasteiger partial charge in [0, 0.05) is 6.42 Å². The number of benzene rings is 3. The van der Waals surface area contributed by atoms with Crippen LogP contribution in [0.2, 0.25) is 0 Å². The van der Waals surface area contributed by atoms with E-state index in [4.69, 9.17) is 9.84 Å². The van der Waals surface area contributed by atoms with Crippen molar-refractivity contribution in [3.63, 3.8) is 0 Å². The highest BCUT2D eigenvalue weighted by Crippen LogP contribution is 2.41. The summed E-state index contributed by atoms with van der Waals surface area (Å²) in [6, 6.07) is 25.6. The van der Waals surface area contributed by atoms with Crippen molar-refractivity contribution in [2.75, 3.05) is 12.1 Å². The lowest BCUT2D eigenvalue weighted by Crippen LogP contribution is -2.19. The fraction of sp³-hybridized carbons (Fsp3) is 0.154. The van der Waals surface area contributed by atoms with E-state index in [0.717, 1.165) is 45.2 Å². The molecule has 0 aliphatic carbocycles. The van der Waals surface area contributed by atoms with Crippen LogP contribution in [0, 0.1) is 6.92 Å². The molecule has 1 aromatic heterocycles. The molecule has 0 unspecified atom stereocenters. The zero-order valence-electron chi connectivity index (χ0n) is 18.8. The second-order valence-corrected chi connectivity index (χ2v) is 8.92. The molecule has 0 spiro atoms. The molecule has 1 aliphatic heterocycles. The molecule has 0 fully saturated rings. The Hall–Kier alpha value is -4.04. The van der Waals surface area contributed by atoms with Crippen molar-refractivity contribution in [2.45, 2.75) is 19.4 Å². The van der Waals surface area contributed by atoms with Gasteiger partial charge in [0.15, 0.2) is 10.8 Å². The number of aromatic nitrogens is 1. The van der Waals surface area contributed by atoms with Crippen molar-refractivity contribution in [1.29, 1.82) is 0 Å². The first-order valence-corrected chi connectivity index (χ1v) is 11.7. The van der Waals surface area contributed by atoms with Crippen LogP contribution in [-0.4, -0.2) is 17.8 Å². The fourth-order valence-corrected chi connectivity index (χ4v) is 4.50. The van der Waals surface area contributed by atoms with Gasteiger partial charge in [-0.15, -0.1) is 10.2 Å². The number of ether oxygens (including phenoxy) is 1. The largest absolute Gasteiger partial charge is 0.497 e. The van der Waals surface area contributed by atoms with Crippen molar-refractivity contribution in [2.24, 2.45) is 15.3 Å². The van der Waals surface area contributed by atoms with Crippen LogP contribution in [0.3, 0.4) is 0 Å². The van der Waals surface area contributed by atoms with Gasteiger partial charge in [0.2, 0.25) is 0 Å². The van der Waals surface area contributed by atoms with E-state index in [0.29, 0.717) is 17.2 Å². The van der Waals surface area contributed by atoms with Crippen LogP contribution in [0.15, 0.2) is 99.0 Å². The number of aromatic amines is 1. The predicted octanol–water partition coefficient (Wildman–Crippen LogP) is 6.52. The van der Waals surface area contributed by atoms with E-state index in [1.54, 1.807) is 7.11 Å². The molecular weight excluding hydrogens is 446 g/mol. The Morgan fingerprint density at radius 1 is 1.00 bits per heavy atom. The van der Waals surface area contributed by atoms with Gasteiger partial charge in [-0.1, -0.05) is 71.5 Å². The predicted molar refractivity (Wildman–Crippen MR) is 136 cm³/mol. The molecule has 170 valence electrons. The zero-order valence-corrected chi connectivity index (χ0v) is 19.6. The van der Waals surface area contributed by atoms with Gasteiger partial charge < -0.3 is 4.74 Å². The molecule has 0 saturated carbocycles. The summed E-state index contributed by atoms with van der Waals surface area (Å²) in [5.74, 6) is 1.33. The highest BCUT2D eigenvalue weighted by atomic mass is 32.1. The van der Waals surface area contributed by atoms with Gasteiger partial charge in [0.05, 0.1) is 24.6 Å². The highest BCUT2D eigenvalue weighted by molar-refractivity contribution is 7.13. The quantitative estimate of drug-likeness (QED) is 0.326. The molecule has 7 nitrogen and oxygen atoms in total. The van der Waals surface area contributed by atoms with Crippen molar-refractivity contribution in [1.82, 2.24) is 4.98 Å². The molecule has 34 heavy (non-hydrogen) atoms. The van der Waals surface area contributed by atoms with Gasteiger partial charge in [-0.3, -0.25) is 9.78 Å². The number of hydrogen-bond acceptors (Lipinski definition) is 7. The molecule has 3 aromatic carbocycles. The summed E-state index contributed by atoms with van der Waals surface area (Å²) in [4.78, 5) is 15.1. The van der Waals surface area contributed by atoms with Crippen LogP contribution in [0.1, 0.15) is 29.2 Å². The summed E-state index contributed by atoms with van der Waals surface area (Å²) in [6.45, 7) is 2.02. The van der Waals surface area contributed by atoms with Gasteiger partial charge in [-0.2, -0.15) is 5.10 Å². The van der Waals surface area contributed by atoms with Crippen molar-refractivity contribution in [3.8, 4) is 5.75 Å². The minimum absolute atomic E-state index is 0.111. The number of anilines is 1. The third-order valence-electron chi connectivity index (χ3n) is 5.65. The summed E-state index contributed by atoms with van der Waals surface area (Å²) in [5.41, 5.74) is 4.91. The van der Waals surface area contributed by atoms with E-state index in [-0.39, 0.29) is 10.9 Å². The lowest BCUT2D eigenvalue weighted by Gasteiger charge is -2.22. The number of H-pyrrole nitrogens is 1. The first kappa shape index (κ1) is 21.8. The summed E-state index contributed by atoms with van der Waals surface area (Å²) < 4.78 is 5.32. The molecule has 1 N–H and O–H groups in total. The summed E-state index contributed by atoms with van der Waals surface area (Å²) in [7, 11) is 1.65. The highest BCUT2D eigenvalue weighted by Gasteiger charge is 2.33. The maximum Gasteiger partial charge on any atom is 0.308 e. The van der Waals surface area contributed by atoms with E-state index >= 15 is 0 Å². The lowest BCUT2D eigenvalue weighted by atomic mass is 9.98. The number of azo groups is 1. The Labute approximate surface area is 201 Å². The minimum atomic E-state index is -0.204. The molecule has 0 saturated heterocycles. The normalized spacial score (nSPS) is 15.6. The molecule has 1 atom stereocenters. The molecule has 4 aromatic rings. The van der Waals surface area contributed by atoms with Gasteiger partial charge in [0.25, 0.3) is 0 Å². The molecule has 0 amide bonds. The molecular formula is C26H23N5O2S. The van der Waals surface area contributed by atoms with Crippen molar-refractivity contribution in [3.05, 3.63) is 105 Å². The maximum absolute atomic E-state index is 12.4. The Balaban J connectivity index is 1.55. The number of nitrogens with zero attached hydrogens (tertiary/aromatic N) is 4. The van der Waals surface area contributed by atoms with E-state index in [2.05, 4.69) is 15.2 Å². The second kappa shape index (κ2) is 9.44. The van der Waals surface area contributed by atoms with Crippen LogP contribution in [0.5, 0.6) is 5.75 Å². The smallest absolute Gasteiger partial charge is 0.308 e. The average molecular weight is 470 g/mol. The lowest BCUT2D eigenvalue weighted by molar-refractivity contribution is 0.414. The monoisotopic (exact) mass is 469 g/mol. The number of aryl methyl sites for hydroxylation is 1. The SMILES string of the molecule is COc1ccc([C@@H]2CC(c3ccccc3)=NN2c2[nH]c(=O)sc2N=Nc2ccc(C)cc2)cc1. The molecule has 5 rings (SSSR count). The summed E-state index contributed by atoms with van der Waals surface area (Å²) in [6.07, 6.45) is 0.683. The van der Waals surface area contributed by atoms with E-state index in [1.807, 2.05) is 90.8 Å². The number of methoxy groups -OCH3 is 1. The molecule has 0 radical (unpaired) electrons. The number of thiazole rings is 1. The second-order valence-electron chi connectivity index (χ2n) is 7.95. The van der Waals surface area contributed by atoms with Crippen LogP contribution in [0.4, 0.5) is 16.5 Å². The maximum atomic E-state index is 12.4. The number of hydrazone groups is 1. The van der Waals surface area contributed by atoms with Crippen molar-refractivity contribution < 1.29 is 4.74 Å². The van der Waals surface area contributed by atoms with E-state index in [9.17, 15) is 4.79 Å². The Morgan fingerprint density at radius 3 is 2.44 bits per heavy atom. The topological polar surface area (TPSA) is 82.4 Å². The molecule has 8 heteroatoms. The number of hydrogen-bond donors (Lipinski definition) is 1. The van der Waals surface area contributed by atoms with Gasteiger partial charge in [0.1, 0.15) is 5.75 Å². The zero-order chi connectivity index (χ0) is 23.5.